The molecule has 1 aromatic heterocycles. The fourth-order valence-electron chi connectivity index (χ4n) is 1.27. The van der Waals surface area contributed by atoms with Crippen molar-refractivity contribution in [2.45, 2.75) is 20.3 Å². The van der Waals surface area contributed by atoms with Crippen molar-refractivity contribution in [1.82, 2.24) is 4.98 Å². The van der Waals surface area contributed by atoms with Gasteiger partial charge in [0.15, 0.2) is 0 Å². The summed E-state index contributed by atoms with van der Waals surface area (Å²) < 4.78 is 0. The summed E-state index contributed by atoms with van der Waals surface area (Å²) in [5.41, 5.74) is 8.64. The molecule has 0 aromatic carbocycles. The van der Waals surface area contributed by atoms with Crippen molar-refractivity contribution in [3.05, 3.63) is 23.5 Å². The molecule has 0 radical (unpaired) electrons. The highest BCUT2D eigenvalue weighted by atomic mass is 14.9. The second-order valence-electron chi connectivity index (χ2n) is 3.21. The number of rotatable bonds is 4. The average molecular weight is 179 g/mol. The number of pyridine rings is 1. The zero-order valence-electron chi connectivity index (χ0n) is 8.30. The van der Waals surface area contributed by atoms with Crippen LogP contribution in [0.3, 0.4) is 0 Å². The molecule has 72 valence electrons. The van der Waals surface area contributed by atoms with E-state index >= 15 is 0 Å². The first-order chi connectivity index (χ1) is 6.22. The van der Waals surface area contributed by atoms with E-state index in [-0.39, 0.29) is 0 Å². The van der Waals surface area contributed by atoms with E-state index in [0.717, 1.165) is 36.6 Å². The molecule has 0 fully saturated rings. The molecule has 0 atom stereocenters. The Morgan fingerprint density at radius 1 is 1.31 bits per heavy atom. The minimum atomic E-state index is 0.732. The predicted octanol–water partition coefficient (Wildman–Crippen LogP) is 1.46. The second-order valence-corrected chi connectivity index (χ2v) is 3.21. The molecule has 0 bridgehead atoms. The molecule has 3 N–H and O–H groups in total. The third-order valence-corrected chi connectivity index (χ3v) is 1.79. The molecule has 1 aromatic rings. The zero-order valence-corrected chi connectivity index (χ0v) is 8.30. The molecule has 3 heteroatoms. The van der Waals surface area contributed by atoms with E-state index in [1.165, 1.54) is 0 Å². The van der Waals surface area contributed by atoms with Gasteiger partial charge in [0.25, 0.3) is 0 Å². The Morgan fingerprint density at radius 2 is 1.92 bits per heavy atom. The smallest absolute Gasteiger partial charge is 0.0396 e. The van der Waals surface area contributed by atoms with Crippen LogP contribution in [0, 0.1) is 13.8 Å². The number of anilines is 1. The van der Waals surface area contributed by atoms with E-state index in [1.54, 1.807) is 0 Å². The fraction of sp³-hybridized carbons (Fsp3) is 0.500. The van der Waals surface area contributed by atoms with Gasteiger partial charge in [-0.05, 0) is 38.9 Å². The summed E-state index contributed by atoms with van der Waals surface area (Å²) >= 11 is 0. The Labute approximate surface area is 79.4 Å². The van der Waals surface area contributed by atoms with Gasteiger partial charge in [0, 0.05) is 23.6 Å². The van der Waals surface area contributed by atoms with Crippen molar-refractivity contribution in [3.63, 3.8) is 0 Å². The summed E-state index contributed by atoms with van der Waals surface area (Å²) in [5, 5.41) is 3.31. The number of aromatic nitrogens is 1. The minimum Gasteiger partial charge on any atom is -0.385 e. The minimum absolute atomic E-state index is 0.732. The number of aryl methyl sites for hydroxylation is 2. The highest BCUT2D eigenvalue weighted by molar-refractivity contribution is 5.44. The molecule has 1 rings (SSSR count). The molecule has 0 aliphatic rings. The molecule has 13 heavy (non-hydrogen) atoms. The SMILES string of the molecule is Cc1cc(NCCCN)cc(C)n1. The van der Waals surface area contributed by atoms with Gasteiger partial charge in [-0.1, -0.05) is 0 Å². The van der Waals surface area contributed by atoms with E-state index in [9.17, 15) is 0 Å². The number of hydrogen-bond donors (Lipinski definition) is 2. The molecule has 0 unspecified atom stereocenters. The van der Waals surface area contributed by atoms with Crippen molar-refractivity contribution in [1.29, 1.82) is 0 Å². The number of nitrogens with zero attached hydrogens (tertiary/aromatic N) is 1. The van der Waals surface area contributed by atoms with Crippen LogP contribution in [-0.4, -0.2) is 18.1 Å². The predicted molar refractivity (Wildman–Crippen MR) is 55.9 cm³/mol. The third-order valence-electron chi connectivity index (χ3n) is 1.79. The molecular weight excluding hydrogens is 162 g/mol. The topological polar surface area (TPSA) is 50.9 Å². The summed E-state index contributed by atoms with van der Waals surface area (Å²) in [6.07, 6.45) is 1.00. The number of nitrogens with one attached hydrogen (secondary N) is 1. The lowest BCUT2D eigenvalue weighted by molar-refractivity contribution is 0.873. The van der Waals surface area contributed by atoms with Gasteiger partial charge in [-0.3, -0.25) is 4.98 Å². The van der Waals surface area contributed by atoms with Gasteiger partial charge in [-0.15, -0.1) is 0 Å². The molecule has 0 aliphatic carbocycles. The van der Waals surface area contributed by atoms with Crippen LogP contribution in [0.2, 0.25) is 0 Å². The first-order valence-electron chi connectivity index (χ1n) is 4.61. The lowest BCUT2D eigenvalue weighted by Crippen LogP contribution is -2.08. The maximum atomic E-state index is 5.40. The highest BCUT2D eigenvalue weighted by Crippen LogP contribution is 2.09. The van der Waals surface area contributed by atoms with E-state index in [2.05, 4.69) is 10.3 Å². The van der Waals surface area contributed by atoms with Gasteiger partial charge in [-0.2, -0.15) is 0 Å². The van der Waals surface area contributed by atoms with Gasteiger partial charge >= 0.3 is 0 Å². The normalized spacial score (nSPS) is 10.1. The summed E-state index contributed by atoms with van der Waals surface area (Å²) in [7, 11) is 0. The average Bonchev–Trinajstić information content (AvgIpc) is 2.03. The van der Waals surface area contributed by atoms with E-state index in [0.29, 0.717) is 0 Å². The third kappa shape index (κ3) is 3.42. The highest BCUT2D eigenvalue weighted by Gasteiger charge is 1.95. The molecule has 3 nitrogen and oxygen atoms in total. The largest absolute Gasteiger partial charge is 0.385 e. The van der Waals surface area contributed by atoms with Crippen LogP contribution in [0.4, 0.5) is 5.69 Å². The van der Waals surface area contributed by atoms with Crippen LogP contribution in [-0.2, 0) is 0 Å². The summed E-state index contributed by atoms with van der Waals surface area (Å²) in [6, 6.07) is 4.09. The van der Waals surface area contributed by atoms with E-state index in [4.69, 9.17) is 5.73 Å². The van der Waals surface area contributed by atoms with Gasteiger partial charge < -0.3 is 11.1 Å². The number of nitrogens with two attached hydrogens (primary N) is 1. The first kappa shape index (κ1) is 9.99. The Morgan fingerprint density at radius 3 is 2.46 bits per heavy atom. The summed E-state index contributed by atoms with van der Waals surface area (Å²) in [4.78, 5) is 4.30. The lowest BCUT2D eigenvalue weighted by atomic mass is 10.2. The Kier molecular flexibility index (Phi) is 3.71. The lowest BCUT2D eigenvalue weighted by Gasteiger charge is -2.06. The monoisotopic (exact) mass is 179 g/mol. The summed E-state index contributed by atoms with van der Waals surface area (Å²) in [5.74, 6) is 0. The summed E-state index contributed by atoms with van der Waals surface area (Å²) in [6.45, 7) is 5.66. The van der Waals surface area contributed by atoms with Crippen molar-refractivity contribution in [2.24, 2.45) is 5.73 Å². The van der Waals surface area contributed by atoms with Crippen LogP contribution in [0.25, 0.3) is 0 Å². The second kappa shape index (κ2) is 4.82. The Balaban J connectivity index is 2.56. The van der Waals surface area contributed by atoms with Gasteiger partial charge in [0.2, 0.25) is 0 Å². The molecule has 1 heterocycles. The molecule has 0 saturated carbocycles. The Hall–Kier alpha value is -1.09. The van der Waals surface area contributed by atoms with Crippen LogP contribution < -0.4 is 11.1 Å². The van der Waals surface area contributed by atoms with Crippen LogP contribution in [0.15, 0.2) is 12.1 Å². The maximum absolute atomic E-state index is 5.40. The zero-order chi connectivity index (χ0) is 9.68. The molecule has 0 saturated heterocycles. The molecule has 0 amide bonds. The molecule has 0 aliphatic heterocycles. The van der Waals surface area contributed by atoms with Crippen molar-refractivity contribution >= 4 is 5.69 Å². The number of hydrogen-bond acceptors (Lipinski definition) is 3. The first-order valence-corrected chi connectivity index (χ1v) is 4.61. The van der Waals surface area contributed by atoms with Crippen molar-refractivity contribution in [3.8, 4) is 0 Å². The van der Waals surface area contributed by atoms with Crippen LogP contribution >= 0.6 is 0 Å². The van der Waals surface area contributed by atoms with Crippen LogP contribution in [0.1, 0.15) is 17.8 Å². The van der Waals surface area contributed by atoms with Crippen molar-refractivity contribution in [2.75, 3.05) is 18.4 Å². The van der Waals surface area contributed by atoms with Crippen molar-refractivity contribution < 1.29 is 0 Å². The Bertz CT molecular complexity index is 251. The van der Waals surface area contributed by atoms with Gasteiger partial charge in [0.05, 0.1) is 0 Å². The maximum Gasteiger partial charge on any atom is 0.0396 e. The van der Waals surface area contributed by atoms with Gasteiger partial charge in [-0.25, -0.2) is 0 Å². The molecule has 0 spiro atoms. The standard InChI is InChI=1S/C10H17N3/c1-8-6-10(7-9(2)13-8)12-5-3-4-11/h6-7H,3-5,11H2,1-2H3,(H,12,13). The van der Waals surface area contributed by atoms with Crippen LogP contribution in [0.5, 0.6) is 0 Å². The van der Waals surface area contributed by atoms with E-state index in [1.807, 2.05) is 26.0 Å². The van der Waals surface area contributed by atoms with E-state index < -0.39 is 0 Å². The molecular formula is C10H17N3. The van der Waals surface area contributed by atoms with Gasteiger partial charge in [0.1, 0.15) is 0 Å². The quantitative estimate of drug-likeness (QED) is 0.688. The fourth-order valence-corrected chi connectivity index (χ4v) is 1.27.